The van der Waals surface area contributed by atoms with Gasteiger partial charge < -0.3 is 4.57 Å². The molecule has 13 rings (SSSR count). The SMILES string of the molecule is c1ccc(-c2ccc3c(c2)-c2cc(-c4nc(-c5ccccc5)nc(-c5ccc6ccccc6c5)n4)cc4c2-c2c(ccc5c6ccccc6n-3c25)C42CCCC2)cc1. The number of nitrogens with zero attached hydrogens (tertiary/aromatic N) is 4. The van der Waals surface area contributed by atoms with Crippen molar-refractivity contribution >= 4 is 32.6 Å². The Morgan fingerprint density at radius 3 is 1.88 bits per heavy atom. The molecule has 0 atom stereocenters. The molecule has 1 saturated carbocycles. The van der Waals surface area contributed by atoms with E-state index in [0.717, 1.165) is 34.9 Å². The van der Waals surface area contributed by atoms with Crippen LogP contribution >= 0.6 is 0 Å². The second-order valence-corrected chi connectivity index (χ2v) is 16.3. The van der Waals surface area contributed by atoms with Crippen molar-refractivity contribution < 1.29 is 0 Å². The Balaban J connectivity index is 1.14. The number of aromatic nitrogens is 4. The van der Waals surface area contributed by atoms with Gasteiger partial charge in [-0.1, -0.05) is 146 Å². The van der Waals surface area contributed by atoms with Gasteiger partial charge in [-0.25, -0.2) is 15.0 Å². The van der Waals surface area contributed by atoms with Crippen molar-refractivity contribution in [2.45, 2.75) is 31.1 Å². The molecule has 8 aromatic carbocycles. The number of fused-ring (bicyclic) bond motifs is 9. The summed E-state index contributed by atoms with van der Waals surface area (Å²) in [4.78, 5) is 15.8. The highest BCUT2D eigenvalue weighted by Crippen LogP contribution is 2.63. The van der Waals surface area contributed by atoms with Crippen molar-refractivity contribution in [1.29, 1.82) is 0 Å². The highest BCUT2D eigenvalue weighted by atomic mass is 15.0. The van der Waals surface area contributed by atoms with Gasteiger partial charge in [0.1, 0.15) is 0 Å². The monoisotopic (exact) mass is 740 g/mol. The van der Waals surface area contributed by atoms with Gasteiger partial charge >= 0.3 is 0 Å². The molecule has 272 valence electrons. The second kappa shape index (κ2) is 11.9. The maximum absolute atomic E-state index is 5.37. The minimum absolute atomic E-state index is 0.0735. The predicted octanol–water partition coefficient (Wildman–Crippen LogP) is 13.6. The molecule has 3 aliphatic rings. The fraction of sp³-hybridized carbons (Fsp3) is 0.0926. The summed E-state index contributed by atoms with van der Waals surface area (Å²) < 4.78 is 2.57. The summed E-state index contributed by atoms with van der Waals surface area (Å²) in [5.41, 5.74) is 17.2. The molecule has 2 aliphatic carbocycles. The molecule has 10 aromatic rings. The predicted molar refractivity (Wildman–Crippen MR) is 237 cm³/mol. The van der Waals surface area contributed by atoms with Gasteiger partial charge in [-0.05, 0) is 93.4 Å². The first-order chi connectivity index (χ1) is 28.7. The standard InChI is InChI=1S/C54H36N4/c1-3-13-33(14-4-1)37-23-26-47-42(30-37)43-31-39(53-56-51(35-16-5-2-6-17-35)55-52(57-53)38-22-21-34-15-7-8-18-36(34)29-38)32-45-48(43)49-44(54(45)27-11-12-28-54)25-24-41-40-19-9-10-20-46(40)58(47)50(41)49/h1-10,13-26,29-32H,11-12,27-28H2. The van der Waals surface area contributed by atoms with E-state index in [4.69, 9.17) is 15.0 Å². The van der Waals surface area contributed by atoms with E-state index < -0.39 is 0 Å². The van der Waals surface area contributed by atoms with E-state index in [0.29, 0.717) is 17.5 Å². The number of para-hydroxylation sites is 1. The zero-order chi connectivity index (χ0) is 38.0. The van der Waals surface area contributed by atoms with E-state index in [9.17, 15) is 0 Å². The third-order valence-corrected chi connectivity index (χ3v) is 13.3. The van der Waals surface area contributed by atoms with Gasteiger partial charge in [0.05, 0.1) is 16.7 Å². The number of rotatable bonds is 4. The molecule has 58 heavy (non-hydrogen) atoms. The molecule has 1 fully saturated rings. The van der Waals surface area contributed by atoms with Crippen molar-refractivity contribution in [3.05, 3.63) is 181 Å². The molecule has 0 bridgehead atoms. The molecular formula is C54H36N4. The fourth-order valence-corrected chi connectivity index (χ4v) is 10.7. The van der Waals surface area contributed by atoms with Crippen LogP contribution in [0.3, 0.4) is 0 Å². The van der Waals surface area contributed by atoms with Crippen LogP contribution in [0.1, 0.15) is 36.8 Å². The molecular weight excluding hydrogens is 705 g/mol. The highest BCUT2D eigenvalue weighted by molar-refractivity contribution is 6.19. The zero-order valence-electron chi connectivity index (χ0n) is 31.8. The summed E-state index contributed by atoms with van der Waals surface area (Å²) in [7, 11) is 0. The first kappa shape index (κ1) is 32.0. The van der Waals surface area contributed by atoms with Crippen LogP contribution in [0.4, 0.5) is 0 Å². The van der Waals surface area contributed by atoms with Crippen LogP contribution in [0, 0.1) is 0 Å². The summed E-state index contributed by atoms with van der Waals surface area (Å²) in [5, 5.41) is 4.97. The normalized spacial score (nSPS) is 14.4. The molecule has 3 heterocycles. The Hall–Kier alpha value is -7.17. The Labute approximate surface area is 336 Å². The molecule has 4 heteroatoms. The number of benzene rings is 8. The van der Waals surface area contributed by atoms with E-state index in [1.807, 2.05) is 6.07 Å². The van der Waals surface area contributed by atoms with Gasteiger partial charge in [0.15, 0.2) is 17.5 Å². The molecule has 2 aromatic heterocycles. The van der Waals surface area contributed by atoms with Crippen LogP contribution in [-0.2, 0) is 5.41 Å². The largest absolute Gasteiger partial charge is 0.308 e. The number of hydrogen-bond acceptors (Lipinski definition) is 3. The van der Waals surface area contributed by atoms with Gasteiger partial charge in [0.2, 0.25) is 0 Å². The maximum Gasteiger partial charge on any atom is 0.164 e. The highest BCUT2D eigenvalue weighted by Gasteiger charge is 2.48. The molecule has 0 saturated heterocycles. The van der Waals surface area contributed by atoms with E-state index in [-0.39, 0.29) is 5.41 Å². The van der Waals surface area contributed by atoms with Crippen LogP contribution in [0.25, 0.3) is 106 Å². The lowest BCUT2D eigenvalue weighted by Crippen LogP contribution is -2.20. The van der Waals surface area contributed by atoms with Crippen molar-refractivity contribution in [1.82, 2.24) is 19.5 Å². The summed E-state index contributed by atoms with van der Waals surface area (Å²) in [6.07, 6.45) is 4.69. The van der Waals surface area contributed by atoms with Gasteiger partial charge in [-0.3, -0.25) is 0 Å². The lowest BCUT2D eigenvalue weighted by molar-refractivity contribution is 0.550. The summed E-state index contributed by atoms with van der Waals surface area (Å²) in [6.45, 7) is 0. The van der Waals surface area contributed by atoms with E-state index in [1.165, 1.54) is 90.2 Å². The average molecular weight is 741 g/mol. The van der Waals surface area contributed by atoms with Gasteiger partial charge in [0.25, 0.3) is 0 Å². The Morgan fingerprint density at radius 2 is 1.07 bits per heavy atom. The van der Waals surface area contributed by atoms with E-state index in [2.05, 4.69) is 168 Å². The van der Waals surface area contributed by atoms with E-state index >= 15 is 0 Å². The Bertz CT molecular complexity index is 3340. The minimum atomic E-state index is -0.0735. The number of hydrogen-bond donors (Lipinski definition) is 0. The average Bonchev–Trinajstić information content (AvgIpc) is 3.97. The van der Waals surface area contributed by atoms with Gasteiger partial charge in [-0.15, -0.1) is 0 Å². The van der Waals surface area contributed by atoms with Crippen LogP contribution in [0.15, 0.2) is 170 Å². The molecule has 0 amide bonds. The maximum atomic E-state index is 5.37. The minimum Gasteiger partial charge on any atom is -0.308 e. The van der Waals surface area contributed by atoms with Gasteiger partial charge in [-0.2, -0.15) is 0 Å². The van der Waals surface area contributed by atoms with Crippen LogP contribution in [0.2, 0.25) is 0 Å². The van der Waals surface area contributed by atoms with Gasteiger partial charge in [0, 0.05) is 44.0 Å². The molecule has 0 unspecified atom stereocenters. The molecule has 1 spiro atoms. The van der Waals surface area contributed by atoms with Crippen LogP contribution < -0.4 is 0 Å². The third-order valence-electron chi connectivity index (χ3n) is 13.3. The van der Waals surface area contributed by atoms with Crippen molar-refractivity contribution in [2.24, 2.45) is 0 Å². The summed E-state index contributed by atoms with van der Waals surface area (Å²) >= 11 is 0. The topological polar surface area (TPSA) is 43.6 Å². The second-order valence-electron chi connectivity index (χ2n) is 16.3. The molecule has 0 radical (unpaired) electrons. The summed E-state index contributed by atoms with van der Waals surface area (Å²) in [6, 6.07) is 61.9. The van der Waals surface area contributed by atoms with Crippen LogP contribution in [-0.4, -0.2) is 19.5 Å². The third kappa shape index (κ3) is 4.43. The van der Waals surface area contributed by atoms with Crippen molar-refractivity contribution in [3.8, 4) is 73.2 Å². The van der Waals surface area contributed by atoms with Crippen LogP contribution in [0.5, 0.6) is 0 Å². The quantitative estimate of drug-likeness (QED) is 0.180. The summed E-state index contributed by atoms with van der Waals surface area (Å²) in [5.74, 6) is 2.05. The van der Waals surface area contributed by atoms with Crippen molar-refractivity contribution in [3.63, 3.8) is 0 Å². The van der Waals surface area contributed by atoms with Crippen molar-refractivity contribution in [2.75, 3.05) is 0 Å². The first-order valence-corrected chi connectivity index (χ1v) is 20.5. The lowest BCUT2D eigenvalue weighted by Gasteiger charge is -2.28. The lowest BCUT2D eigenvalue weighted by atomic mass is 9.75. The zero-order valence-corrected chi connectivity index (χ0v) is 31.8. The Kier molecular flexibility index (Phi) is 6.57. The Morgan fingerprint density at radius 1 is 0.414 bits per heavy atom. The molecule has 4 nitrogen and oxygen atoms in total. The molecule has 1 aliphatic heterocycles. The first-order valence-electron chi connectivity index (χ1n) is 20.5. The van der Waals surface area contributed by atoms with E-state index in [1.54, 1.807) is 0 Å². The molecule has 0 N–H and O–H groups in total. The smallest absolute Gasteiger partial charge is 0.164 e. The fourth-order valence-electron chi connectivity index (χ4n) is 10.7.